The average Bonchev–Trinajstić information content (AvgIpc) is 2.63. The smallest absolute Gasteiger partial charge is 0.224 e. The van der Waals surface area contributed by atoms with Gasteiger partial charge < -0.3 is 14.5 Å². The van der Waals surface area contributed by atoms with Gasteiger partial charge in [-0.2, -0.15) is 0 Å². The summed E-state index contributed by atoms with van der Waals surface area (Å²) in [6, 6.07) is 9.87. The first-order valence-corrected chi connectivity index (χ1v) is 8.68. The monoisotopic (exact) mass is 340 g/mol. The predicted molar refractivity (Wildman–Crippen MR) is 97.0 cm³/mol. The first-order valence-electron chi connectivity index (χ1n) is 8.68. The summed E-state index contributed by atoms with van der Waals surface area (Å²) in [5.41, 5.74) is 1.06. The molecule has 25 heavy (non-hydrogen) atoms. The average molecular weight is 340 g/mol. The van der Waals surface area contributed by atoms with Crippen molar-refractivity contribution in [2.24, 2.45) is 0 Å². The third-order valence-electron chi connectivity index (χ3n) is 4.51. The van der Waals surface area contributed by atoms with Crippen molar-refractivity contribution in [1.82, 2.24) is 14.9 Å². The molecular weight excluding hydrogens is 316 g/mol. The Morgan fingerprint density at radius 2 is 2.08 bits per heavy atom. The largest absolute Gasteiger partial charge is 0.439 e. The maximum absolute atomic E-state index is 12.0. The number of carbonyl (C=O) groups is 1. The number of benzene rings is 1. The number of amides is 1. The summed E-state index contributed by atoms with van der Waals surface area (Å²) in [4.78, 5) is 24.7. The Kier molecular flexibility index (Phi) is 5.16. The molecule has 2 heterocycles. The molecular formula is C19H24N4O2. The van der Waals surface area contributed by atoms with Gasteiger partial charge in [0.1, 0.15) is 17.9 Å². The van der Waals surface area contributed by atoms with Crippen LogP contribution in [0.15, 0.2) is 36.7 Å². The van der Waals surface area contributed by atoms with E-state index in [1.807, 2.05) is 49.1 Å². The second-order valence-electron chi connectivity index (χ2n) is 6.32. The van der Waals surface area contributed by atoms with Gasteiger partial charge in [-0.3, -0.25) is 4.79 Å². The molecule has 0 unspecified atom stereocenters. The van der Waals surface area contributed by atoms with E-state index in [9.17, 15) is 4.79 Å². The number of hydrogen-bond acceptors (Lipinski definition) is 5. The van der Waals surface area contributed by atoms with Crippen molar-refractivity contribution in [2.75, 3.05) is 24.5 Å². The van der Waals surface area contributed by atoms with Gasteiger partial charge in [-0.25, -0.2) is 9.97 Å². The van der Waals surface area contributed by atoms with Crippen LogP contribution in [0, 0.1) is 6.92 Å². The van der Waals surface area contributed by atoms with Gasteiger partial charge in [0.2, 0.25) is 11.8 Å². The van der Waals surface area contributed by atoms with Gasteiger partial charge >= 0.3 is 0 Å². The number of carbonyl (C=O) groups excluding carboxylic acids is 1. The van der Waals surface area contributed by atoms with Crippen LogP contribution in [0.25, 0.3) is 0 Å². The van der Waals surface area contributed by atoms with Crippen molar-refractivity contribution in [3.05, 3.63) is 42.2 Å². The highest BCUT2D eigenvalue weighted by molar-refractivity contribution is 5.76. The first-order chi connectivity index (χ1) is 12.1. The molecule has 0 bridgehead atoms. The van der Waals surface area contributed by atoms with Gasteiger partial charge in [-0.1, -0.05) is 25.1 Å². The van der Waals surface area contributed by atoms with Crippen LogP contribution in [0.1, 0.15) is 25.8 Å². The molecule has 6 heteroatoms. The summed E-state index contributed by atoms with van der Waals surface area (Å²) in [6.07, 6.45) is 2.07. The molecule has 3 rings (SSSR count). The number of para-hydroxylation sites is 1. The molecule has 1 fully saturated rings. The van der Waals surface area contributed by atoms with Crippen LogP contribution in [0.5, 0.6) is 11.6 Å². The predicted octanol–water partition coefficient (Wildman–Crippen LogP) is 3.02. The fourth-order valence-corrected chi connectivity index (χ4v) is 3.08. The Labute approximate surface area is 148 Å². The number of ether oxygens (including phenoxy) is 1. The number of piperazine rings is 1. The molecule has 0 N–H and O–H groups in total. The number of aryl methyl sites for hydroxylation is 1. The molecule has 1 atom stereocenters. The van der Waals surface area contributed by atoms with E-state index in [2.05, 4.69) is 21.8 Å². The van der Waals surface area contributed by atoms with E-state index in [1.165, 1.54) is 6.33 Å². The molecule has 1 aliphatic rings. The first kappa shape index (κ1) is 17.2. The van der Waals surface area contributed by atoms with Gasteiger partial charge in [-0.05, 0) is 25.5 Å². The number of aromatic nitrogens is 2. The van der Waals surface area contributed by atoms with Crippen molar-refractivity contribution in [1.29, 1.82) is 0 Å². The van der Waals surface area contributed by atoms with E-state index >= 15 is 0 Å². The van der Waals surface area contributed by atoms with E-state index in [1.54, 1.807) is 0 Å². The zero-order chi connectivity index (χ0) is 17.8. The third-order valence-corrected chi connectivity index (χ3v) is 4.51. The second kappa shape index (κ2) is 7.51. The quantitative estimate of drug-likeness (QED) is 0.856. The van der Waals surface area contributed by atoms with E-state index in [0.29, 0.717) is 18.8 Å². The number of rotatable bonds is 4. The summed E-state index contributed by atoms with van der Waals surface area (Å²) >= 11 is 0. The van der Waals surface area contributed by atoms with Gasteiger partial charge in [-0.15, -0.1) is 0 Å². The zero-order valence-corrected chi connectivity index (χ0v) is 15.0. The van der Waals surface area contributed by atoms with E-state index in [4.69, 9.17) is 4.74 Å². The van der Waals surface area contributed by atoms with Crippen LogP contribution in [0.3, 0.4) is 0 Å². The molecule has 0 aliphatic carbocycles. The van der Waals surface area contributed by atoms with Gasteiger partial charge in [0.25, 0.3) is 0 Å². The van der Waals surface area contributed by atoms with Gasteiger partial charge in [0.15, 0.2) is 0 Å². The third kappa shape index (κ3) is 3.90. The number of anilines is 1. The minimum absolute atomic E-state index is 0.164. The van der Waals surface area contributed by atoms with E-state index < -0.39 is 0 Å². The highest BCUT2D eigenvalue weighted by Crippen LogP contribution is 2.26. The summed E-state index contributed by atoms with van der Waals surface area (Å²) in [5.74, 6) is 2.35. The molecule has 1 saturated heterocycles. The van der Waals surface area contributed by atoms with Crippen LogP contribution < -0.4 is 9.64 Å². The summed E-state index contributed by atoms with van der Waals surface area (Å²) in [5, 5.41) is 0. The van der Waals surface area contributed by atoms with Crippen molar-refractivity contribution in [3.8, 4) is 11.6 Å². The summed E-state index contributed by atoms with van der Waals surface area (Å²) in [7, 11) is 0. The standard InChI is InChI=1S/C19H24N4O2/c1-4-19(24)23-10-9-22(12-15(23)3)17-11-18(21-13-20-17)25-16-8-6-5-7-14(16)2/h5-8,11,13,15H,4,9-10,12H2,1-3H3/t15-/m1/s1. The van der Waals surface area contributed by atoms with E-state index in [0.717, 1.165) is 30.2 Å². The Hall–Kier alpha value is -2.63. The van der Waals surface area contributed by atoms with Crippen LogP contribution in [-0.4, -0.2) is 46.5 Å². The van der Waals surface area contributed by atoms with Gasteiger partial charge in [0, 0.05) is 38.2 Å². The highest BCUT2D eigenvalue weighted by Gasteiger charge is 2.27. The highest BCUT2D eigenvalue weighted by atomic mass is 16.5. The molecule has 1 aromatic heterocycles. The van der Waals surface area contributed by atoms with Crippen LogP contribution in [-0.2, 0) is 4.79 Å². The lowest BCUT2D eigenvalue weighted by atomic mass is 10.1. The maximum Gasteiger partial charge on any atom is 0.224 e. The lowest BCUT2D eigenvalue weighted by molar-refractivity contribution is -0.133. The van der Waals surface area contributed by atoms with E-state index in [-0.39, 0.29) is 11.9 Å². The second-order valence-corrected chi connectivity index (χ2v) is 6.32. The molecule has 6 nitrogen and oxygen atoms in total. The fraction of sp³-hybridized carbons (Fsp3) is 0.421. The normalized spacial score (nSPS) is 17.5. The molecule has 1 aromatic carbocycles. The molecule has 1 aliphatic heterocycles. The SMILES string of the molecule is CCC(=O)N1CCN(c2cc(Oc3ccccc3C)ncn2)C[C@H]1C. The Morgan fingerprint density at radius 1 is 1.28 bits per heavy atom. The minimum atomic E-state index is 0.164. The topological polar surface area (TPSA) is 58.6 Å². The van der Waals surface area contributed by atoms with Crippen molar-refractivity contribution >= 4 is 11.7 Å². The molecule has 2 aromatic rings. The lowest BCUT2D eigenvalue weighted by Crippen LogP contribution is -2.54. The van der Waals surface area contributed by atoms with Crippen LogP contribution >= 0.6 is 0 Å². The molecule has 0 saturated carbocycles. The molecule has 132 valence electrons. The Balaban J connectivity index is 1.72. The lowest BCUT2D eigenvalue weighted by Gasteiger charge is -2.40. The van der Waals surface area contributed by atoms with Gasteiger partial charge in [0.05, 0.1) is 0 Å². The molecule has 1 amide bonds. The van der Waals surface area contributed by atoms with Crippen molar-refractivity contribution in [3.63, 3.8) is 0 Å². The maximum atomic E-state index is 12.0. The zero-order valence-electron chi connectivity index (χ0n) is 15.0. The Bertz CT molecular complexity index is 750. The number of hydrogen-bond donors (Lipinski definition) is 0. The molecule has 0 radical (unpaired) electrons. The minimum Gasteiger partial charge on any atom is -0.439 e. The fourth-order valence-electron chi connectivity index (χ4n) is 3.08. The molecule has 0 spiro atoms. The van der Waals surface area contributed by atoms with Crippen molar-refractivity contribution < 1.29 is 9.53 Å². The van der Waals surface area contributed by atoms with Crippen LogP contribution in [0.2, 0.25) is 0 Å². The van der Waals surface area contributed by atoms with Crippen molar-refractivity contribution in [2.45, 2.75) is 33.2 Å². The Morgan fingerprint density at radius 3 is 2.80 bits per heavy atom. The number of nitrogens with zero attached hydrogens (tertiary/aromatic N) is 4. The summed E-state index contributed by atoms with van der Waals surface area (Å²) in [6.45, 7) is 8.21. The van der Waals surface area contributed by atoms with Crippen LogP contribution in [0.4, 0.5) is 5.82 Å². The summed E-state index contributed by atoms with van der Waals surface area (Å²) < 4.78 is 5.90.